The predicted octanol–water partition coefficient (Wildman–Crippen LogP) is 5.18. The number of ether oxygens (including phenoxy) is 3. The molecule has 2 aliphatic heterocycles. The van der Waals surface area contributed by atoms with Crippen molar-refractivity contribution in [1.29, 1.82) is 0 Å². The first-order valence-electron chi connectivity index (χ1n) is 15.6. The summed E-state index contributed by atoms with van der Waals surface area (Å²) < 4.78 is 121. The van der Waals surface area contributed by atoms with E-state index in [0.717, 1.165) is 6.92 Å². The first kappa shape index (κ1) is 34.2. The summed E-state index contributed by atoms with van der Waals surface area (Å²) >= 11 is 0. The molecule has 1 unspecified atom stereocenters. The Morgan fingerprint density at radius 1 is 1.10 bits per heavy atom. The maximum Gasteiger partial charge on any atom is 0.417 e. The first-order valence-corrected chi connectivity index (χ1v) is 15.6. The smallest absolute Gasteiger partial charge is 0.417 e. The summed E-state index contributed by atoms with van der Waals surface area (Å²) in [5.41, 5.74) is -1.00. The molecule has 0 bridgehead atoms. The lowest BCUT2D eigenvalue weighted by Crippen LogP contribution is -2.43. The zero-order valence-corrected chi connectivity index (χ0v) is 26.5. The van der Waals surface area contributed by atoms with Crippen LogP contribution in [-0.4, -0.2) is 90.5 Å². The number of anilines is 2. The lowest BCUT2D eigenvalue weighted by Gasteiger charge is -2.30. The number of pyridine rings is 1. The zero-order chi connectivity index (χ0) is 34.6. The van der Waals surface area contributed by atoms with Crippen LogP contribution >= 0.6 is 0 Å². The van der Waals surface area contributed by atoms with Gasteiger partial charge in [-0.3, -0.25) is 4.90 Å². The molecular formula is C31H36F7N7O3. The van der Waals surface area contributed by atoms with E-state index in [1.54, 1.807) is 6.92 Å². The SMILES string of the molecule is Cc1c(F)c(N)cc(-c2nc3c4c(nc(OC[C@]5(CN6CCOCC6)CC5(F)F)nc4c2F)NCC(C)NCC[C@H](C)O3)c1C(F)(F)F. The maximum absolute atomic E-state index is 16.6. The van der Waals surface area contributed by atoms with Gasteiger partial charge in [0.15, 0.2) is 5.82 Å². The Bertz CT molecular complexity index is 1700. The second-order valence-corrected chi connectivity index (χ2v) is 12.8. The Balaban J connectivity index is 1.50. The van der Waals surface area contributed by atoms with Crippen molar-refractivity contribution in [2.45, 2.75) is 57.9 Å². The van der Waals surface area contributed by atoms with Crippen molar-refractivity contribution in [3.63, 3.8) is 0 Å². The van der Waals surface area contributed by atoms with Crippen molar-refractivity contribution in [3.8, 4) is 23.1 Å². The van der Waals surface area contributed by atoms with Crippen LogP contribution < -0.4 is 25.8 Å². The highest BCUT2D eigenvalue weighted by molar-refractivity contribution is 5.96. The molecule has 3 atom stereocenters. The number of hydrogen-bond donors (Lipinski definition) is 3. The standard InChI is InChI=1S/C31H36F7N7O3/c1-15-11-41-26-20-25(43-28(44-26)47-14-29(12-30(29,34)35)13-45-6-8-46-9-7-45)23(33)24(42-27(20)48-16(2)4-5-40-15)18-10-19(39)22(32)17(3)21(18)31(36,37)38/h10,15-16,40H,4-9,11-14,39H2,1-3H3,(H,41,43,44)/t15?,16-,29+/m0/s1. The van der Waals surface area contributed by atoms with E-state index in [2.05, 4.69) is 25.6 Å². The number of rotatable bonds is 6. The number of benzene rings is 1. The molecule has 1 saturated carbocycles. The number of alkyl halides is 5. The lowest BCUT2D eigenvalue weighted by molar-refractivity contribution is -0.137. The third kappa shape index (κ3) is 6.51. The van der Waals surface area contributed by atoms with Crippen molar-refractivity contribution in [3.05, 3.63) is 28.8 Å². The van der Waals surface area contributed by atoms with Gasteiger partial charge in [-0.15, -0.1) is 0 Å². The molecule has 0 spiro atoms. The molecule has 10 nitrogen and oxygen atoms in total. The molecule has 0 amide bonds. The van der Waals surface area contributed by atoms with Gasteiger partial charge in [-0.1, -0.05) is 0 Å². The lowest BCUT2D eigenvalue weighted by atomic mass is 9.96. The molecule has 3 aromatic rings. The van der Waals surface area contributed by atoms with Crippen LogP contribution in [0.2, 0.25) is 0 Å². The van der Waals surface area contributed by atoms with E-state index >= 15 is 4.39 Å². The normalized spacial score (nSPS) is 24.8. The van der Waals surface area contributed by atoms with Gasteiger partial charge in [0.05, 0.1) is 36.0 Å². The number of morpholine rings is 1. The molecular weight excluding hydrogens is 651 g/mol. The van der Waals surface area contributed by atoms with Crippen LogP contribution in [-0.2, 0) is 10.9 Å². The van der Waals surface area contributed by atoms with Gasteiger partial charge in [-0.2, -0.15) is 23.1 Å². The van der Waals surface area contributed by atoms with Crippen LogP contribution in [0.25, 0.3) is 22.2 Å². The number of nitrogens with two attached hydrogens (primary N) is 1. The third-order valence-electron chi connectivity index (χ3n) is 9.05. The molecule has 1 aromatic carbocycles. The third-order valence-corrected chi connectivity index (χ3v) is 9.05. The first-order chi connectivity index (χ1) is 22.6. The minimum absolute atomic E-state index is 0.0229. The number of nitrogens with zero attached hydrogens (tertiary/aromatic N) is 4. The highest BCUT2D eigenvalue weighted by Gasteiger charge is 2.72. The van der Waals surface area contributed by atoms with Gasteiger partial charge in [0.1, 0.15) is 34.8 Å². The van der Waals surface area contributed by atoms with Crippen LogP contribution in [0.5, 0.6) is 11.9 Å². The Morgan fingerprint density at radius 2 is 1.81 bits per heavy atom. The van der Waals surface area contributed by atoms with Gasteiger partial charge in [-0.05, 0) is 45.4 Å². The summed E-state index contributed by atoms with van der Waals surface area (Å²) in [6, 6.07) is 0.0645. The van der Waals surface area contributed by atoms with Crippen LogP contribution in [0, 0.1) is 24.0 Å². The molecule has 17 heteroatoms. The minimum atomic E-state index is -5.12. The van der Waals surface area contributed by atoms with Gasteiger partial charge in [0, 0.05) is 44.2 Å². The summed E-state index contributed by atoms with van der Waals surface area (Å²) in [7, 11) is 0. The predicted molar refractivity (Wildman–Crippen MR) is 162 cm³/mol. The number of hydrogen-bond acceptors (Lipinski definition) is 10. The largest absolute Gasteiger partial charge is 0.474 e. The van der Waals surface area contributed by atoms with Crippen molar-refractivity contribution in [2.75, 3.05) is 63.6 Å². The Labute approximate surface area is 271 Å². The topological polar surface area (TPSA) is 120 Å². The summed E-state index contributed by atoms with van der Waals surface area (Å²) in [5.74, 6) is -5.97. The molecule has 1 aliphatic carbocycles. The minimum Gasteiger partial charge on any atom is -0.474 e. The van der Waals surface area contributed by atoms with Crippen LogP contribution in [0.3, 0.4) is 0 Å². The van der Waals surface area contributed by atoms with Gasteiger partial charge in [0.25, 0.3) is 5.92 Å². The van der Waals surface area contributed by atoms with Crippen molar-refractivity contribution >= 4 is 22.4 Å². The molecule has 48 heavy (non-hydrogen) atoms. The number of nitrogen functional groups attached to an aromatic ring is 1. The molecule has 262 valence electrons. The van der Waals surface area contributed by atoms with E-state index < -0.39 is 87.9 Å². The Hall–Kier alpha value is -3.70. The fourth-order valence-electron chi connectivity index (χ4n) is 6.20. The second-order valence-electron chi connectivity index (χ2n) is 12.8. The van der Waals surface area contributed by atoms with E-state index in [-0.39, 0.29) is 36.2 Å². The van der Waals surface area contributed by atoms with Crippen LogP contribution in [0.15, 0.2) is 6.07 Å². The monoisotopic (exact) mass is 687 g/mol. The van der Waals surface area contributed by atoms with Crippen molar-refractivity contribution in [1.82, 2.24) is 25.2 Å². The van der Waals surface area contributed by atoms with E-state index in [0.29, 0.717) is 45.3 Å². The van der Waals surface area contributed by atoms with Crippen molar-refractivity contribution < 1.29 is 44.9 Å². The van der Waals surface area contributed by atoms with E-state index in [4.69, 9.17) is 19.9 Å². The maximum atomic E-state index is 16.6. The van der Waals surface area contributed by atoms with Crippen LogP contribution in [0.4, 0.5) is 42.2 Å². The quantitative estimate of drug-likeness (QED) is 0.237. The average Bonchev–Trinajstić information content (AvgIpc) is 3.57. The summed E-state index contributed by atoms with van der Waals surface area (Å²) in [6.07, 6.45) is -5.67. The highest BCUT2D eigenvalue weighted by atomic mass is 19.4. The van der Waals surface area contributed by atoms with Crippen molar-refractivity contribution in [2.24, 2.45) is 5.41 Å². The highest BCUT2D eigenvalue weighted by Crippen LogP contribution is 2.61. The van der Waals surface area contributed by atoms with Gasteiger partial charge < -0.3 is 30.6 Å². The van der Waals surface area contributed by atoms with Gasteiger partial charge in [0.2, 0.25) is 5.88 Å². The molecule has 3 aliphatic rings. The summed E-state index contributed by atoms with van der Waals surface area (Å²) in [5, 5.41) is 6.27. The molecule has 6 rings (SSSR count). The van der Waals surface area contributed by atoms with Gasteiger partial charge >= 0.3 is 12.2 Å². The molecule has 2 aromatic heterocycles. The Morgan fingerprint density at radius 3 is 2.48 bits per heavy atom. The fourth-order valence-corrected chi connectivity index (χ4v) is 6.20. The van der Waals surface area contributed by atoms with Gasteiger partial charge in [-0.25, -0.2) is 22.5 Å². The number of nitrogens with one attached hydrogen (secondary N) is 2. The fraction of sp³-hybridized carbons (Fsp3) is 0.581. The summed E-state index contributed by atoms with van der Waals surface area (Å²) in [4.78, 5) is 14.6. The number of halogens is 7. The Kier molecular flexibility index (Phi) is 9.00. The van der Waals surface area contributed by atoms with E-state index in [1.165, 1.54) is 0 Å². The molecule has 4 N–H and O–H groups in total. The van der Waals surface area contributed by atoms with E-state index in [9.17, 15) is 26.3 Å². The molecule has 2 fully saturated rings. The van der Waals surface area contributed by atoms with Crippen LogP contribution in [0.1, 0.15) is 37.8 Å². The molecule has 1 saturated heterocycles. The molecule has 4 heterocycles. The second kappa shape index (κ2) is 12.6. The average molecular weight is 688 g/mol. The molecule has 0 radical (unpaired) electrons. The summed E-state index contributed by atoms with van der Waals surface area (Å²) in [6.45, 7) is 6.52. The zero-order valence-electron chi connectivity index (χ0n) is 26.5. The number of aromatic nitrogens is 3. The van der Waals surface area contributed by atoms with E-state index in [1.807, 2.05) is 11.8 Å².